The summed E-state index contributed by atoms with van der Waals surface area (Å²) in [5.41, 5.74) is 0. The van der Waals surface area contributed by atoms with Crippen LogP contribution in [0.4, 0.5) is 0 Å². The van der Waals surface area contributed by atoms with Crippen molar-refractivity contribution in [2.75, 3.05) is 32.7 Å². The summed E-state index contributed by atoms with van der Waals surface area (Å²) in [4.78, 5) is 2.61. The van der Waals surface area contributed by atoms with Crippen molar-refractivity contribution in [3.8, 4) is 0 Å². The Kier molecular flexibility index (Phi) is 3.23. The molecule has 0 saturated carbocycles. The maximum atomic E-state index is 3.53. The molecule has 2 heteroatoms. The predicted molar refractivity (Wildman–Crippen MR) is 55.8 cm³/mol. The van der Waals surface area contributed by atoms with Gasteiger partial charge in [0.2, 0.25) is 0 Å². The van der Waals surface area contributed by atoms with Gasteiger partial charge in [0.05, 0.1) is 0 Å². The summed E-state index contributed by atoms with van der Waals surface area (Å²) in [7, 11) is 0. The van der Waals surface area contributed by atoms with Crippen LogP contribution in [0.1, 0.15) is 26.2 Å². The molecular formula is C11H22N2. The van der Waals surface area contributed by atoms with Crippen molar-refractivity contribution < 1.29 is 0 Å². The zero-order chi connectivity index (χ0) is 9.10. The standard InChI is InChI=1S/C11H22N2/c1-2-13-7-4-10-3-6-12-9-11(10)5-8-13/h10-12H,2-9H2,1H3. The van der Waals surface area contributed by atoms with E-state index in [0.717, 1.165) is 11.8 Å². The molecule has 0 aromatic rings. The van der Waals surface area contributed by atoms with Crippen molar-refractivity contribution >= 4 is 0 Å². The Balaban J connectivity index is 1.91. The fourth-order valence-corrected chi connectivity index (χ4v) is 2.82. The van der Waals surface area contributed by atoms with Gasteiger partial charge in [0.1, 0.15) is 0 Å². The van der Waals surface area contributed by atoms with Crippen molar-refractivity contribution in [1.29, 1.82) is 0 Å². The molecule has 2 unspecified atom stereocenters. The lowest BCUT2D eigenvalue weighted by Gasteiger charge is -2.30. The third-order valence-corrected chi connectivity index (χ3v) is 3.84. The van der Waals surface area contributed by atoms with Gasteiger partial charge < -0.3 is 10.2 Å². The average Bonchev–Trinajstić information content (AvgIpc) is 2.39. The fourth-order valence-electron chi connectivity index (χ4n) is 2.82. The van der Waals surface area contributed by atoms with Crippen LogP contribution in [-0.4, -0.2) is 37.6 Å². The van der Waals surface area contributed by atoms with Gasteiger partial charge in [-0.3, -0.25) is 0 Å². The average molecular weight is 182 g/mol. The van der Waals surface area contributed by atoms with Gasteiger partial charge in [-0.1, -0.05) is 6.92 Å². The molecule has 0 bridgehead atoms. The number of fused-ring (bicyclic) bond motifs is 1. The van der Waals surface area contributed by atoms with Gasteiger partial charge in [-0.15, -0.1) is 0 Å². The number of hydrogen-bond donors (Lipinski definition) is 1. The van der Waals surface area contributed by atoms with Crippen molar-refractivity contribution in [2.45, 2.75) is 26.2 Å². The summed E-state index contributed by atoms with van der Waals surface area (Å²) >= 11 is 0. The molecule has 0 aromatic heterocycles. The zero-order valence-corrected chi connectivity index (χ0v) is 8.76. The van der Waals surface area contributed by atoms with Gasteiger partial charge in [0.25, 0.3) is 0 Å². The molecule has 0 aliphatic carbocycles. The highest BCUT2D eigenvalue weighted by Crippen LogP contribution is 2.28. The first kappa shape index (κ1) is 9.47. The highest BCUT2D eigenvalue weighted by molar-refractivity contribution is 4.82. The minimum Gasteiger partial charge on any atom is -0.316 e. The highest BCUT2D eigenvalue weighted by atomic mass is 15.1. The minimum atomic E-state index is 0.977. The number of likely N-dealkylation sites (tertiary alicyclic amines) is 1. The van der Waals surface area contributed by atoms with Gasteiger partial charge in [-0.2, -0.15) is 0 Å². The van der Waals surface area contributed by atoms with Crippen LogP contribution in [0.25, 0.3) is 0 Å². The largest absolute Gasteiger partial charge is 0.316 e. The number of nitrogens with zero attached hydrogens (tertiary/aromatic N) is 1. The monoisotopic (exact) mass is 182 g/mol. The molecule has 2 rings (SSSR count). The van der Waals surface area contributed by atoms with Crippen LogP contribution in [0.5, 0.6) is 0 Å². The second-order valence-electron chi connectivity index (χ2n) is 4.52. The second kappa shape index (κ2) is 4.43. The Morgan fingerprint density at radius 2 is 1.92 bits per heavy atom. The molecule has 2 atom stereocenters. The quantitative estimate of drug-likeness (QED) is 0.658. The molecule has 2 fully saturated rings. The second-order valence-corrected chi connectivity index (χ2v) is 4.52. The summed E-state index contributed by atoms with van der Waals surface area (Å²) < 4.78 is 0. The van der Waals surface area contributed by atoms with Crippen LogP contribution >= 0.6 is 0 Å². The summed E-state index contributed by atoms with van der Waals surface area (Å²) in [6, 6.07) is 0. The Bertz CT molecular complexity index is 142. The highest BCUT2D eigenvalue weighted by Gasteiger charge is 2.27. The van der Waals surface area contributed by atoms with Crippen LogP contribution in [-0.2, 0) is 0 Å². The summed E-state index contributed by atoms with van der Waals surface area (Å²) in [6.07, 6.45) is 4.29. The van der Waals surface area contributed by atoms with Gasteiger partial charge in [0.15, 0.2) is 0 Å². The van der Waals surface area contributed by atoms with Gasteiger partial charge in [-0.25, -0.2) is 0 Å². The molecule has 13 heavy (non-hydrogen) atoms. The molecule has 0 spiro atoms. The summed E-state index contributed by atoms with van der Waals surface area (Å²) in [5, 5.41) is 3.53. The van der Waals surface area contributed by atoms with E-state index in [1.54, 1.807) is 0 Å². The molecule has 2 aliphatic rings. The van der Waals surface area contributed by atoms with E-state index in [2.05, 4.69) is 17.1 Å². The van der Waals surface area contributed by atoms with E-state index in [1.807, 2.05) is 0 Å². The third-order valence-electron chi connectivity index (χ3n) is 3.84. The van der Waals surface area contributed by atoms with E-state index < -0.39 is 0 Å². The zero-order valence-electron chi connectivity index (χ0n) is 8.76. The van der Waals surface area contributed by atoms with Crippen LogP contribution in [0, 0.1) is 11.8 Å². The normalized spacial score (nSPS) is 36.7. The SMILES string of the molecule is CCN1CCC2CCNCC2CC1. The molecular weight excluding hydrogens is 160 g/mol. The molecule has 2 aliphatic heterocycles. The smallest absolute Gasteiger partial charge is 0.00156 e. The lowest BCUT2D eigenvalue weighted by molar-refractivity contribution is 0.247. The van der Waals surface area contributed by atoms with Crippen LogP contribution < -0.4 is 5.32 Å². The molecule has 1 N–H and O–H groups in total. The van der Waals surface area contributed by atoms with E-state index >= 15 is 0 Å². The van der Waals surface area contributed by atoms with E-state index in [1.165, 1.54) is 52.0 Å². The maximum absolute atomic E-state index is 3.53. The number of nitrogens with one attached hydrogen (secondary N) is 1. The van der Waals surface area contributed by atoms with Crippen LogP contribution in [0.2, 0.25) is 0 Å². The van der Waals surface area contributed by atoms with E-state index in [9.17, 15) is 0 Å². The Morgan fingerprint density at radius 3 is 2.69 bits per heavy atom. The fraction of sp³-hybridized carbons (Fsp3) is 1.00. The minimum absolute atomic E-state index is 0.977. The van der Waals surface area contributed by atoms with Gasteiger partial charge >= 0.3 is 0 Å². The van der Waals surface area contributed by atoms with E-state index in [0.29, 0.717) is 0 Å². The van der Waals surface area contributed by atoms with Crippen LogP contribution in [0.3, 0.4) is 0 Å². The molecule has 76 valence electrons. The van der Waals surface area contributed by atoms with E-state index in [-0.39, 0.29) is 0 Å². The lowest BCUT2D eigenvalue weighted by Crippen LogP contribution is -2.36. The van der Waals surface area contributed by atoms with Crippen LogP contribution in [0.15, 0.2) is 0 Å². The van der Waals surface area contributed by atoms with Crippen molar-refractivity contribution in [2.24, 2.45) is 11.8 Å². The molecule has 2 heterocycles. The van der Waals surface area contributed by atoms with Gasteiger partial charge in [0, 0.05) is 0 Å². The molecule has 0 aromatic carbocycles. The summed E-state index contributed by atoms with van der Waals surface area (Å²) in [5.74, 6) is 2.00. The van der Waals surface area contributed by atoms with E-state index in [4.69, 9.17) is 0 Å². The van der Waals surface area contributed by atoms with Crippen molar-refractivity contribution in [3.63, 3.8) is 0 Å². The molecule has 0 amide bonds. The lowest BCUT2D eigenvalue weighted by atomic mass is 9.83. The summed E-state index contributed by atoms with van der Waals surface area (Å²) in [6.45, 7) is 8.74. The first-order valence-electron chi connectivity index (χ1n) is 5.83. The van der Waals surface area contributed by atoms with Crippen molar-refractivity contribution in [1.82, 2.24) is 10.2 Å². The molecule has 0 radical (unpaired) electrons. The number of rotatable bonds is 1. The van der Waals surface area contributed by atoms with Crippen molar-refractivity contribution in [3.05, 3.63) is 0 Å². The number of piperidine rings is 1. The first-order valence-corrected chi connectivity index (χ1v) is 5.83. The Labute approximate surface area is 81.7 Å². The molecule has 2 saturated heterocycles. The number of hydrogen-bond acceptors (Lipinski definition) is 2. The topological polar surface area (TPSA) is 15.3 Å². The molecule has 2 nitrogen and oxygen atoms in total. The third kappa shape index (κ3) is 2.23. The predicted octanol–water partition coefficient (Wildman–Crippen LogP) is 1.33. The van der Waals surface area contributed by atoms with Gasteiger partial charge in [-0.05, 0) is 63.8 Å². The maximum Gasteiger partial charge on any atom is -0.00156 e. The first-order chi connectivity index (χ1) is 6.40. The Morgan fingerprint density at radius 1 is 1.15 bits per heavy atom. The Hall–Kier alpha value is -0.0800.